The molecule has 1 amide bonds. The molecule has 0 aliphatic carbocycles. The van der Waals surface area contributed by atoms with Crippen molar-refractivity contribution in [3.05, 3.63) is 50.8 Å². The second-order valence-electron chi connectivity index (χ2n) is 5.50. The first-order valence-electron chi connectivity index (χ1n) is 7.40. The monoisotopic (exact) mass is 461 g/mol. The molecule has 0 radical (unpaired) electrons. The molecule has 2 rings (SSSR count). The Labute approximate surface area is 165 Å². The van der Waals surface area contributed by atoms with Gasteiger partial charge in [0.1, 0.15) is 18.1 Å². The minimum absolute atomic E-state index is 0.338. The number of amides is 1. The molecule has 1 aromatic heterocycles. The Hall–Kier alpha value is -1.84. The molecule has 0 saturated heterocycles. The summed E-state index contributed by atoms with van der Waals surface area (Å²) in [5, 5.41) is 4.19. The number of rotatable bonds is 6. The zero-order valence-corrected chi connectivity index (χ0v) is 17.4. The first-order valence-corrected chi connectivity index (χ1v) is 10.4. The molecule has 1 N–H and O–H groups in total. The Balaban J connectivity index is 2.13. The van der Waals surface area contributed by atoms with Crippen LogP contribution in [0.5, 0.6) is 0 Å². The molecule has 0 fully saturated rings. The molecule has 0 bridgehead atoms. The number of nitrogens with one attached hydrogen (secondary N) is 1. The average Bonchev–Trinajstić information content (AvgIpc) is 2.85. The molecule has 0 unspecified atom stereocenters. The lowest BCUT2D eigenvalue weighted by molar-refractivity contribution is -0.119. The highest BCUT2D eigenvalue weighted by Crippen LogP contribution is 2.28. The van der Waals surface area contributed by atoms with Crippen LogP contribution in [0.3, 0.4) is 0 Å². The summed E-state index contributed by atoms with van der Waals surface area (Å²) < 4.78 is 31.3. The Morgan fingerprint density at radius 3 is 2.69 bits per heavy atom. The highest BCUT2D eigenvalue weighted by Gasteiger charge is 2.23. The smallest absolute Gasteiger partial charge is 0.260 e. The van der Waals surface area contributed by atoms with Crippen molar-refractivity contribution in [3.8, 4) is 0 Å². The molecule has 26 heavy (non-hydrogen) atoms. The van der Waals surface area contributed by atoms with Gasteiger partial charge in [-0.3, -0.25) is 9.10 Å². The van der Waals surface area contributed by atoms with E-state index in [0.29, 0.717) is 27.8 Å². The van der Waals surface area contributed by atoms with Gasteiger partial charge < -0.3 is 4.42 Å². The van der Waals surface area contributed by atoms with Gasteiger partial charge in [-0.05, 0) is 47.5 Å². The van der Waals surface area contributed by atoms with Gasteiger partial charge >= 0.3 is 0 Å². The molecular formula is C16H17BrClN3O4S. The summed E-state index contributed by atoms with van der Waals surface area (Å²) in [6.45, 7) is 3.03. The van der Waals surface area contributed by atoms with E-state index in [1.54, 1.807) is 38.1 Å². The predicted octanol–water partition coefficient (Wildman–Crippen LogP) is 3.23. The van der Waals surface area contributed by atoms with Gasteiger partial charge in [0.05, 0.1) is 22.6 Å². The van der Waals surface area contributed by atoms with Gasteiger partial charge in [0.15, 0.2) is 0 Å². The van der Waals surface area contributed by atoms with Crippen LogP contribution in [0.25, 0.3) is 0 Å². The third-order valence-electron chi connectivity index (χ3n) is 3.45. The number of anilines is 1. The van der Waals surface area contributed by atoms with Crippen LogP contribution in [0, 0.1) is 13.8 Å². The zero-order valence-electron chi connectivity index (χ0n) is 14.3. The van der Waals surface area contributed by atoms with E-state index in [1.807, 2.05) is 0 Å². The summed E-state index contributed by atoms with van der Waals surface area (Å²) in [6.07, 6.45) is 2.35. The van der Waals surface area contributed by atoms with E-state index in [0.717, 1.165) is 15.0 Å². The number of nitrogens with zero attached hydrogens (tertiary/aromatic N) is 2. The molecule has 140 valence electrons. The van der Waals surface area contributed by atoms with E-state index < -0.39 is 22.5 Å². The van der Waals surface area contributed by atoms with Gasteiger partial charge in [-0.2, -0.15) is 5.10 Å². The van der Waals surface area contributed by atoms with Gasteiger partial charge in [-0.25, -0.2) is 13.8 Å². The molecule has 0 saturated carbocycles. The molecule has 10 heteroatoms. The maximum Gasteiger partial charge on any atom is 0.260 e. The number of sulfonamides is 1. The van der Waals surface area contributed by atoms with Crippen LogP contribution in [0.15, 0.2) is 38.3 Å². The van der Waals surface area contributed by atoms with Crippen molar-refractivity contribution in [2.75, 3.05) is 17.1 Å². The van der Waals surface area contributed by atoms with Crippen LogP contribution in [-0.4, -0.2) is 33.3 Å². The number of carbonyl (C=O) groups excluding carboxylic acids is 1. The topological polar surface area (TPSA) is 92.0 Å². The van der Waals surface area contributed by atoms with Crippen LogP contribution >= 0.6 is 27.5 Å². The van der Waals surface area contributed by atoms with Crippen molar-refractivity contribution in [2.24, 2.45) is 5.10 Å². The van der Waals surface area contributed by atoms with Crippen LogP contribution in [0.1, 0.15) is 17.1 Å². The second kappa shape index (κ2) is 8.24. The second-order valence-corrected chi connectivity index (χ2v) is 8.67. The lowest BCUT2D eigenvalue weighted by Gasteiger charge is -2.23. The Morgan fingerprint density at radius 2 is 2.12 bits per heavy atom. The molecule has 0 aliphatic rings. The van der Waals surface area contributed by atoms with Gasteiger partial charge in [-0.1, -0.05) is 17.7 Å². The van der Waals surface area contributed by atoms with E-state index in [9.17, 15) is 13.2 Å². The summed E-state index contributed by atoms with van der Waals surface area (Å²) >= 11 is 9.35. The molecule has 0 aliphatic heterocycles. The van der Waals surface area contributed by atoms with E-state index in [2.05, 4.69) is 26.5 Å². The van der Waals surface area contributed by atoms with E-state index >= 15 is 0 Å². The number of benzene rings is 1. The Morgan fingerprint density at radius 1 is 1.42 bits per heavy atom. The van der Waals surface area contributed by atoms with Crippen LogP contribution in [0.2, 0.25) is 5.02 Å². The third-order valence-corrected chi connectivity index (χ3v) is 5.78. The van der Waals surface area contributed by atoms with Crippen molar-refractivity contribution < 1.29 is 17.6 Å². The molecule has 7 nitrogen and oxygen atoms in total. The largest absolute Gasteiger partial charge is 0.459 e. The lowest BCUT2D eigenvalue weighted by Crippen LogP contribution is -2.39. The van der Waals surface area contributed by atoms with Gasteiger partial charge in [0.25, 0.3) is 5.91 Å². The first kappa shape index (κ1) is 20.5. The SMILES string of the molecule is Cc1oc(/C=N\NC(=O)CN(c2cccc(Cl)c2C)S(C)(=O)=O)cc1Br. The molecule has 0 spiro atoms. The number of aryl methyl sites for hydroxylation is 1. The quantitative estimate of drug-likeness (QED) is 0.527. The molecule has 2 aromatic rings. The van der Waals surface area contributed by atoms with Gasteiger partial charge in [-0.15, -0.1) is 0 Å². The fraction of sp³-hybridized carbons (Fsp3) is 0.250. The maximum absolute atomic E-state index is 12.1. The number of halogens is 2. The van der Waals surface area contributed by atoms with Crippen LogP contribution in [0.4, 0.5) is 5.69 Å². The maximum atomic E-state index is 12.1. The zero-order chi connectivity index (χ0) is 19.5. The fourth-order valence-corrected chi connectivity index (χ4v) is 3.51. The summed E-state index contributed by atoms with van der Waals surface area (Å²) in [6, 6.07) is 6.55. The van der Waals surface area contributed by atoms with E-state index in [4.69, 9.17) is 16.0 Å². The van der Waals surface area contributed by atoms with Crippen molar-refractivity contribution in [1.82, 2.24) is 5.43 Å². The minimum atomic E-state index is -3.69. The normalized spacial score (nSPS) is 11.7. The Kier molecular flexibility index (Phi) is 6.48. The van der Waals surface area contributed by atoms with Crippen molar-refractivity contribution in [2.45, 2.75) is 13.8 Å². The van der Waals surface area contributed by atoms with Crippen LogP contribution < -0.4 is 9.73 Å². The Bertz CT molecular complexity index is 937. The molecule has 1 heterocycles. The standard InChI is InChI=1S/C16H17BrClN3O4S/c1-10-14(18)5-4-6-15(10)21(26(3,23)24)9-16(22)20-19-8-12-7-13(17)11(2)25-12/h4-8H,9H2,1-3H3,(H,20,22)/b19-8-. The average molecular weight is 463 g/mol. The summed E-state index contributed by atoms with van der Waals surface area (Å²) in [7, 11) is -3.69. The number of hydrazone groups is 1. The fourth-order valence-electron chi connectivity index (χ4n) is 2.13. The highest BCUT2D eigenvalue weighted by molar-refractivity contribution is 9.10. The lowest BCUT2D eigenvalue weighted by atomic mass is 10.2. The molecule has 1 aromatic carbocycles. The number of hydrogen-bond donors (Lipinski definition) is 1. The van der Waals surface area contributed by atoms with Crippen molar-refractivity contribution in [1.29, 1.82) is 0 Å². The number of carbonyl (C=O) groups is 1. The van der Waals surface area contributed by atoms with Crippen LogP contribution in [-0.2, 0) is 14.8 Å². The van der Waals surface area contributed by atoms with Crippen molar-refractivity contribution in [3.63, 3.8) is 0 Å². The first-order chi connectivity index (χ1) is 12.1. The third kappa shape index (κ3) is 5.09. The molecule has 0 atom stereocenters. The highest BCUT2D eigenvalue weighted by atomic mass is 79.9. The van der Waals surface area contributed by atoms with E-state index in [1.165, 1.54) is 6.21 Å². The van der Waals surface area contributed by atoms with E-state index in [-0.39, 0.29) is 0 Å². The van der Waals surface area contributed by atoms with Crippen molar-refractivity contribution >= 4 is 55.4 Å². The number of hydrogen-bond acceptors (Lipinski definition) is 5. The molecular weight excluding hydrogens is 446 g/mol. The minimum Gasteiger partial charge on any atom is -0.459 e. The van der Waals surface area contributed by atoms with Gasteiger partial charge in [0.2, 0.25) is 10.0 Å². The summed E-state index contributed by atoms with van der Waals surface area (Å²) in [5.74, 6) is 0.520. The summed E-state index contributed by atoms with van der Waals surface area (Å²) in [4.78, 5) is 12.1. The number of furan rings is 1. The predicted molar refractivity (Wildman–Crippen MR) is 105 cm³/mol. The summed E-state index contributed by atoms with van der Waals surface area (Å²) in [5.41, 5.74) is 3.18. The van der Waals surface area contributed by atoms with Gasteiger partial charge in [0, 0.05) is 11.1 Å².